The summed E-state index contributed by atoms with van der Waals surface area (Å²) in [4.78, 5) is 19.6. The van der Waals surface area contributed by atoms with Gasteiger partial charge in [-0.25, -0.2) is 13.2 Å². The number of allylic oxidation sites excluding steroid dienone is 1. The minimum absolute atomic E-state index is 0.00143. The van der Waals surface area contributed by atoms with E-state index in [1.54, 1.807) is 13.8 Å². The number of piperidine rings is 1. The van der Waals surface area contributed by atoms with Crippen molar-refractivity contribution in [2.45, 2.75) is 122 Å². The lowest BCUT2D eigenvalue weighted by atomic mass is 9.64. The largest absolute Gasteiger partial charge is 0.469 e. The third kappa shape index (κ3) is 6.78. The maximum Gasteiger partial charge on any atom is 0.305 e. The van der Waals surface area contributed by atoms with Crippen molar-refractivity contribution in [3.8, 4) is 0 Å². The molecule has 0 aromatic heterocycles. The summed E-state index contributed by atoms with van der Waals surface area (Å²) in [5.74, 6) is -0.257. The Morgan fingerprint density at radius 2 is 1.95 bits per heavy atom. The van der Waals surface area contributed by atoms with Crippen molar-refractivity contribution in [2.75, 3.05) is 13.7 Å². The van der Waals surface area contributed by atoms with Crippen LogP contribution in [-0.4, -0.2) is 60.7 Å². The number of ether oxygens (including phenoxy) is 1. The van der Waals surface area contributed by atoms with Gasteiger partial charge in [0.05, 0.1) is 7.11 Å². The Morgan fingerprint density at radius 1 is 1.24 bits per heavy atom. The summed E-state index contributed by atoms with van der Waals surface area (Å²) in [7, 11) is 1.33. The highest BCUT2D eigenvalue weighted by atomic mass is 19.2. The lowest BCUT2D eigenvalue weighted by Crippen LogP contribution is -2.61. The van der Waals surface area contributed by atoms with Crippen LogP contribution in [-0.2, 0) is 14.4 Å². The van der Waals surface area contributed by atoms with Crippen molar-refractivity contribution >= 4 is 5.97 Å². The zero-order valence-corrected chi connectivity index (χ0v) is 23.7. The summed E-state index contributed by atoms with van der Waals surface area (Å²) in [5, 5.41) is 0. The van der Waals surface area contributed by atoms with Crippen LogP contribution in [0, 0.1) is 23.7 Å². The molecule has 1 N–H and O–H groups in total. The molecular formula is C30H47F3N2O3. The smallest absolute Gasteiger partial charge is 0.305 e. The highest BCUT2D eigenvalue weighted by Gasteiger charge is 2.52. The molecule has 0 amide bonds. The first-order valence-electron chi connectivity index (χ1n) is 14.6. The minimum Gasteiger partial charge on any atom is -0.469 e. The van der Waals surface area contributed by atoms with Crippen LogP contribution in [0.1, 0.15) is 85.5 Å². The summed E-state index contributed by atoms with van der Waals surface area (Å²) >= 11 is 0. The van der Waals surface area contributed by atoms with Crippen LogP contribution in [0.15, 0.2) is 23.5 Å². The Morgan fingerprint density at radius 3 is 2.53 bits per heavy atom. The molecule has 4 rings (SSSR count). The number of carbonyl (C=O) groups excluding carboxylic acids is 1. The van der Waals surface area contributed by atoms with Gasteiger partial charge < -0.3 is 9.57 Å². The van der Waals surface area contributed by atoms with Crippen LogP contribution in [0.5, 0.6) is 0 Å². The lowest BCUT2D eigenvalue weighted by molar-refractivity contribution is -0.141. The maximum absolute atomic E-state index is 15.9. The van der Waals surface area contributed by atoms with E-state index in [4.69, 9.17) is 9.57 Å². The molecule has 2 aliphatic carbocycles. The summed E-state index contributed by atoms with van der Waals surface area (Å²) in [5.41, 5.74) is 2.92. The van der Waals surface area contributed by atoms with Crippen molar-refractivity contribution in [2.24, 2.45) is 23.7 Å². The second kappa shape index (κ2) is 12.3. The van der Waals surface area contributed by atoms with E-state index in [0.29, 0.717) is 12.5 Å². The zero-order chi connectivity index (χ0) is 27.6. The molecule has 2 aliphatic heterocycles. The molecule has 4 aliphatic rings. The number of halogens is 3. The molecule has 2 fully saturated rings. The van der Waals surface area contributed by atoms with Crippen molar-refractivity contribution in [1.82, 2.24) is 10.4 Å². The molecule has 216 valence electrons. The topological polar surface area (TPSA) is 50.8 Å². The minimum atomic E-state index is -1.47. The molecule has 8 heteroatoms. The van der Waals surface area contributed by atoms with E-state index in [0.717, 1.165) is 37.9 Å². The Hall–Kier alpha value is -1.54. The number of rotatable bonds is 8. The van der Waals surface area contributed by atoms with E-state index < -0.39 is 30.0 Å². The Kier molecular flexibility index (Phi) is 9.55. The lowest BCUT2D eigenvalue weighted by Gasteiger charge is -2.54. The number of nitrogens with one attached hydrogen (secondary N) is 1. The molecule has 1 saturated heterocycles. The molecule has 0 bridgehead atoms. The number of hydrogen-bond donors (Lipinski definition) is 1. The Balaban J connectivity index is 1.57. The number of hydrogen-bond acceptors (Lipinski definition) is 5. The first-order valence-corrected chi connectivity index (χ1v) is 14.6. The van der Waals surface area contributed by atoms with Gasteiger partial charge in [0, 0.05) is 42.9 Å². The molecule has 5 nitrogen and oxygen atoms in total. The van der Waals surface area contributed by atoms with Crippen molar-refractivity contribution in [3.63, 3.8) is 0 Å². The maximum atomic E-state index is 15.9. The third-order valence-corrected chi connectivity index (χ3v) is 9.27. The number of likely N-dealkylation sites (tertiary alicyclic amines) is 1. The predicted octanol–water partition coefficient (Wildman–Crippen LogP) is 6.39. The van der Waals surface area contributed by atoms with Gasteiger partial charge in [0.15, 0.2) is 0 Å². The van der Waals surface area contributed by atoms with Gasteiger partial charge in [0.1, 0.15) is 23.8 Å². The van der Waals surface area contributed by atoms with Gasteiger partial charge in [-0.2, -0.15) is 5.48 Å². The molecule has 0 spiro atoms. The van der Waals surface area contributed by atoms with Crippen molar-refractivity contribution in [1.29, 1.82) is 0 Å². The van der Waals surface area contributed by atoms with Gasteiger partial charge in [-0.15, -0.1) is 0 Å². The average Bonchev–Trinajstić information content (AvgIpc) is 2.87. The number of nitrogens with zero attached hydrogens (tertiary/aromatic N) is 1. The fourth-order valence-electron chi connectivity index (χ4n) is 7.35. The average molecular weight is 541 g/mol. The molecule has 38 heavy (non-hydrogen) atoms. The van der Waals surface area contributed by atoms with Crippen LogP contribution in [0.3, 0.4) is 0 Å². The monoisotopic (exact) mass is 540 g/mol. The number of esters is 1. The van der Waals surface area contributed by atoms with E-state index in [9.17, 15) is 4.79 Å². The molecule has 1 saturated carbocycles. The second-order valence-electron chi connectivity index (χ2n) is 12.7. The molecular weight excluding hydrogens is 493 g/mol. The molecule has 7 atom stereocenters. The highest BCUT2D eigenvalue weighted by molar-refractivity contribution is 5.69. The number of fused-ring (bicyclic) bond motifs is 1. The number of alkyl halides is 3. The van der Waals surface area contributed by atoms with Crippen LogP contribution in [0.2, 0.25) is 0 Å². The first kappa shape index (κ1) is 29.4. The summed E-state index contributed by atoms with van der Waals surface area (Å²) in [6, 6.07) is -0.0851. The van der Waals surface area contributed by atoms with E-state index in [-0.39, 0.29) is 55.6 Å². The highest BCUT2D eigenvalue weighted by Crippen LogP contribution is 2.49. The van der Waals surface area contributed by atoms with Gasteiger partial charge in [0.2, 0.25) is 0 Å². The van der Waals surface area contributed by atoms with E-state index in [2.05, 4.69) is 36.4 Å². The van der Waals surface area contributed by atoms with E-state index in [1.807, 2.05) is 0 Å². The van der Waals surface area contributed by atoms with Crippen molar-refractivity contribution < 1.29 is 27.5 Å². The van der Waals surface area contributed by atoms with Gasteiger partial charge in [0.25, 0.3) is 0 Å². The number of methoxy groups -OCH3 is 1. The zero-order valence-electron chi connectivity index (χ0n) is 23.7. The van der Waals surface area contributed by atoms with Gasteiger partial charge >= 0.3 is 5.97 Å². The number of carbonyl (C=O) groups is 1. The normalized spacial score (nSPS) is 38.5. The first-order chi connectivity index (χ1) is 18.0. The van der Waals surface area contributed by atoms with Crippen molar-refractivity contribution in [3.05, 3.63) is 23.5 Å². The fraction of sp³-hybridized carbons (Fsp3) is 0.833. The Bertz CT molecular complexity index is 876. The Labute approximate surface area is 226 Å². The molecule has 7 unspecified atom stereocenters. The van der Waals surface area contributed by atoms with E-state index in [1.165, 1.54) is 12.7 Å². The van der Waals surface area contributed by atoms with Gasteiger partial charge in [-0.3, -0.25) is 9.69 Å². The summed E-state index contributed by atoms with van der Waals surface area (Å²) in [6.45, 7) is 7.44. The SMILES string of the molecule is CCC1CC=C(C2C=C3CC(C)N(CC(C)(C)F)C(C4C(F)CC(CCC(=O)OC)CC4F)C3CC2)ON1. The molecule has 2 heterocycles. The van der Waals surface area contributed by atoms with Crippen LogP contribution >= 0.6 is 0 Å². The van der Waals surface area contributed by atoms with Crippen LogP contribution < -0.4 is 5.48 Å². The van der Waals surface area contributed by atoms with Gasteiger partial charge in [-0.1, -0.05) is 18.6 Å². The standard InChI is InChI=1S/C30H47F3N2O3/c1-6-22-9-11-26(38-34-22)20-8-10-23-21(16-20)13-18(2)35(17-30(3,4)33)29(23)28-24(31)14-19(15-25(28)32)7-12-27(36)37-5/h11,16,18-20,22-25,28-29,34H,6-10,12-15,17H2,1-5H3. The summed E-state index contributed by atoms with van der Waals surface area (Å²) < 4.78 is 51.6. The van der Waals surface area contributed by atoms with Gasteiger partial charge in [-0.05, 0) is 90.0 Å². The second-order valence-corrected chi connectivity index (χ2v) is 12.7. The van der Waals surface area contributed by atoms with E-state index >= 15 is 13.2 Å². The fourth-order valence-corrected chi connectivity index (χ4v) is 7.35. The van der Waals surface area contributed by atoms with Crippen LogP contribution in [0.25, 0.3) is 0 Å². The van der Waals surface area contributed by atoms with Crippen LogP contribution in [0.4, 0.5) is 13.2 Å². The summed E-state index contributed by atoms with van der Waals surface area (Å²) in [6.07, 6.45) is 7.22. The quantitative estimate of drug-likeness (QED) is 0.286. The third-order valence-electron chi connectivity index (χ3n) is 9.27. The molecule has 0 aromatic rings. The molecule has 0 aromatic carbocycles. The molecule has 0 radical (unpaired) electrons. The number of hydroxylamine groups is 1. The predicted molar refractivity (Wildman–Crippen MR) is 142 cm³/mol.